The summed E-state index contributed by atoms with van der Waals surface area (Å²) in [5.74, 6) is 0.372. The molecule has 0 saturated carbocycles. The molecule has 1 fully saturated rings. The molecule has 1 unspecified atom stereocenters. The maximum Gasteiger partial charge on any atom is 0.255 e. The summed E-state index contributed by atoms with van der Waals surface area (Å²) in [5, 5.41) is 2.77. The minimum absolute atomic E-state index is 0.104. The monoisotopic (exact) mass is 278 g/mol. The van der Waals surface area contributed by atoms with Crippen LogP contribution < -0.4 is 15.8 Å². The van der Waals surface area contributed by atoms with Crippen LogP contribution in [0.25, 0.3) is 0 Å². The molecule has 110 valence electrons. The molecule has 2 rings (SSSR count). The molecule has 0 spiro atoms. The molecule has 1 amide bonds. The van der Waals surface area contributed by atoms with E-state index in [9.17, 15) is 4.79 Å². The van der Waals surface area contributed by atoms with Gasteiger partial charge in [-0.1, -0.05) is 0 Å². The molecule has 20 heavy (non-hydrogen) atoms. The van der Waals surface area contributed by atoms with Crippen molar-refractivity contribution in [2.45, 2.75) is 32.3 Å². The summed E-state index contributed by atoms with van der Waals surface area (Å²) in [6.07, 6.45) is 3.37. The van der Waals surface area contributed by atoms with Crippen LogP contribution in [0.5, 0.6) is 5.75 Å². The Morgan fingerprint density at radius 1 is 1.50 bits per heavy atom. The molecular weight excluding hydrogens is 256 g/mol. The molecule has 1 aromatic carbocycles. The molecule has 5 heteroatoms. The van der Waals surface area contributed by atoms with Crippen LogP contribution in [0.3, 0.4) is 0 Å². The average Bonchev–Trinajstić information content (AvgIpc) is 2.46. The summed E-state index contributed by atoms with van der Waals surface area (Å²) in [6.45, 7) is 3.70. The lowest BCUT2D eigenvalue weighted by atomic mass is 10.1. The van der Waals surface area contributed by atoms with Crippen LogP contribution in [0.2, 0.25) is 0 Å². The topological polar surface area (TPSA) is 73.6 Å². The molecule has 3 N–H and O–H groups in total. The number of hydrogen-bond acceptors (Lipinski definition) is 4. The van der Waals surface area contributed by atoms with Crippen LogP contribution in [-0.2, 0) is 4.74 Å². The molecule has 0 aliphatic carbocycles. The van der Waals surface area contributed by atoms with Crippen LogP contribution in [0.15, 0.2) is 18.2 Å². The Morgan fingerprint density at radius 3 is 3.05 bits per heavy atom. The lowest BCUT2D eigenvalue weighted by molar-refractivity contribution is -0.0112. The van der Waals surface area contributed by atoms with E-state index in [0.717, 1.165) is 25.9 Å². The molecule has 1 saturated heterocycles. The SMILES string of the molecule is CCNC(=O)c1ccc(N)cc1OCC1CCCCO1. The predicted octanol–water partition coefficient (Wildman–Crippen LogP) is 1.97. The van der Waals surface area contributed by atoms with Gasteiger partial charge in [-0.25, -0.2) is 0 Å². The Morgan fingerprint density at radius 2 is 2.35 bits per heavy atom. The summed E-state index contributed by atoms with van der Waals surface area (Å²) in [4.78, 5) is 12.0. The first kappa shape index (κ1) is 14.7. The summed E-state index contributed by atoms with van der Waals surface area (Å²) in [7, 11) is 0. The third-order valence-corrected chi connectivity index (χ3v) is 3.29. The summed E-state index contributed by atoms with van der Waals surface area (Å²) < 4.78 is 11.4. The van der Waals surface area contributed by atoms with Crippen molar-refractivity contribution in [1.82, 2.24) is 5.32 Å². The number of nitrogen functional groups attached to an aromatic ring is 1. The third kappa shape index (κ3) is 3.87. The Kier molecular flexibility index (Phi) is 5.24. The van der Waals surface area contributed by atoms with Gasteiger partial charge in [0.2, 0.25) is 0 Å². The van der Waals surface area contributed by atoms with Gasteiger partial charge in [0, 0.05) is 24.9 Å². The van der Waals surface area contributed by atoms with Gasteiger partial charge in [-0.15, -0.1) is 0 Å². The van der Waals surface area contributed by atoms with E-state index in [1.54, 1.807) is 18.2 Å². The molecule has 1 aliphatic rings. The molecular formula is C15H22N2O3. The lowest BCUT2D eigenvalue weighted by Gasteiger charge is -2.23. The van der Waals surface area contributed by atoms with E-state index in [1.807, 2.05) is 6.92 Å². The second-order valence-corrected chi connectivity index (χ2v) is 4.91. The number of amides is 1. The van der Waals surface area contributed by atoms with E-state index in [0.29, 0.717) is 30.2 Å². The number of nitrogens with one attached hydrogen (secondary N) is 1. The van der Waals surface area contributed by atoms with Crippen molar-refractivity contribution in [2.24, 2.45) is 0 Å². The minimum Gasteiger partial charge on any atom is -0.490 e. The van der Waals surface area contributed by atoms with E-state index >= 15 is 0 Å². The van der Waals surface area contributed by atoms with E-state index in [1.165, 1.54) is 0 Å². The average molecular weight is 278 g/mol. The fourth-order valence-corrected chi connectivity index (χ4v) is 2.22. The predicted molar refractivity (Wildman–Crippen MR) is 77.9 cm³/mol. The van der Waals surface area contributed by atoms with E-state index < -0.39 is 0 Å². The molecule has 0 radical (unpaired) electrons. The zero-order valence-electron chi connectivity index (χ0n) is 11.9. The van der Waals surface area contributed by atoms with E-state index in [2.05, 4.69) is 5.32 Å². The van der Waals surface area contributed by atoms with Crippen molar-refractivity contribution in [1.29, 1.82) is 0 Å². The molecule has 1 atom stereocenters. The molecule has 1 aromatic rings. The number of benzene rings is 1. The van der Waals surface area contributed by atoms with Crippen molar-refractivity contribution in [3.8, 4) is 5.75 Å². The number of carbonyl (C=O) groups excluding carboxylic acids is 1. The number of hydrogen-bond donors (Lipinski definition) is 2. The Hall–Kier alpha value is -1.75. The fourth-order valence-electron chi connectivity index (χ4n) is 2.22. The van der Waals surface area contributed by atoms with Gasteiger partial charge in [0.1, 0.15) is 12.4 Å². The van der Waals surface area contributed by atoms with Gasteiger partial charge >= 0.3 is 0 Å². The first-order valence-electron chi connectivity index (χ1n) is 7.13. The van der Waals surface area contributed by atoms with Crippen molar-refractivity contribution in [3.63, 3.8) is 0 Å². The first-order chi connectivity index (χ1) is 9.70. The van der Waals surface area contributed by atoms with Crippen LogP contribution in [0.1, 0.15) is 36.5 Å². The van der Waals surface area contributed by atoms with Gasteiger partial charge in [-0.05, 0) is 38.3 Å². The van der Waals surface area contributed by atoms with Gasteiger partial charge in [-0.2, -0.15) is 0 Å². The van der Waals surface area contributed by atoms with Crippen LogP contribution in [0, 0.1) is 0 Å². The van der Waals surface area contributed by atoms with E-state index in [4.69, 9.17) is 15.2 Å². The first-order valence-corrected chi connectivity index (χ1v) is 7.13. The second kappa shape index (κ2) is 7.14. The molecule has 1 aliphatic heterocycles. The molecule has 0 aromatic heterocycles. The number of anilines is 1. The summed E-state index contributed by atoms with van der Waals surface area (Å²) in [6, 6.07) is 5.08. The maximum absolute atomic E-state index is 12.0. The normalized spacial score (nSPS) is 18.6. The summed E-state index contributed by atoms with van der Waals surface area (Å²) >= 11 is 0. The zero-order chi connectivity index (χ0) is 14.4. The van der Waals surface area contributed by atoms with E-state index in [-0.39, 0.29) is 12.0 Å². The van der Waals surface area contributed by atoms with Crippen LogP contribution >= 0.6 is 0 Å². The highest BCUT2D eigenvalue weighted by molar-refractivity contribution is 5.97. The third-order valence-electron chi connectivity index (χ3n) is 3.29. The van der Waals surface area contributed by atoms with Crippen LogP contribution in [-0.4, -0.2) is 31.8 Å². The van der Waals surface area contributed by atoms with Crippen LogP contribution in [0.4, 0.5) is 5.69 Å². The van der Waals surface area contributed by atoms with Crippen molar-refractivity contribution >= 4 is 11.6 Å². The Bertz CT molecular complexity index is 456. The minimum atomic E-state index is -0.146. The number of ether oxygens (including phenoxy) is 2. The van der Waals surface area contributed by atoms with Gasteiger partial charge < -0.3 is 20.5 Å². The fraction of sp³-hybridized carbons (Fsp3) is 0.533. The van der Waals surface area contributed by atoms with Crippen molar-refractivity contribution < 1.29 is 14.3 Å². The van der Waals surface area contributed by atoms with Gasteiger partial charge in [-0.3, -0.25) is 4.79 Å². The van der Waals surface area contributed by atoms with Crippen molar-refractivity contribution in [2.75, 3.05) is 25.5 Å². The molecule has 0 bridgehead atoms. The largest absolute Gasteiger partial charge is 0.490 e. The molecule has 1 heterocycles. The number of rotatable bonds is 5. The van der Waals surface area contributed by atoms with Gasteiger partial charge in [0.15, 0.2) is 0 Å². The van der Waals surface area contributed by atoms with Crippen molar-refractivity contribution in [3.05, 3.63) is 23.8 Å². The maximum atomic E-state index is 12.0. The van der Waals surface area contributed by atoms with Gasteiger partial charge in [0.25, 0.3) is 5.91 Å². The standard InChI is InChI=1S/C15H22N2O3/c1-2-17-15(18)13-7-6-11(16)9-14(13)20-10-12-5-3-4-8-19-12/h6-7,9,12H,2-5,8,10,16H2,1H3,(H,17,18). The Labute approximate surface area is 119 Å². The highest BCUT2D eigenvalue weighted by atomic mass is 16.5. The quantitative estimate of drug-likeness (QED) is 0.808. The zero-order valence-corrected chi connectivity index (χ0v) is 11.9. The highest BCUT2D eigenvalue weighted by Crippen LogP contribution is 2.23. The number of carbonyl (C=O) groups is 1. The Balaban J connectivity index is 2.04. The summed E-state index contributed by atoms with van der Waals surface area (Å²) in [5.41, 5.74) is 6.86. The highest BCUT2D eigenvalue weighted by Gasteiger charge is 2.17. The number of nitrogens with two attached hydrogens (primary N) is 1. The van der Waals surface area contributed by atoms with Gasteiger partial charge in [0.05, 0.1) is 11.7 Å². The smallest absolute Gasteiger partial charge is 0.255 e. The second-order valence-electron chi connectivity index (χ2n) is 4.91. The molecule has 5 nitrogen and oxygen atoms in total. The lowest BCUT2D eigenvalue weighted by Crippen LogP contribution is -2.27.